The number of aryl methyl sites for hydroxylation is 2. The molecule has 1 N–H and O–H groups in total. The van der Waals surface area contributed by atoms with Crippen molar-refractivity contribution < 1.29 is 0 Å². The normalized spacial score (nSPS) is 10.9. The molecule has 4 rings (SSSR count). The predicted octanol–water partition coefficient (Wildman–Crippen LogP) is 5.23. The van der Waals surface area contributed by atoms with E-state index in [1.807, 2.05) is 30.1 Å². The molecule has 0 radical (unpaired) electrons. The van der Waals surface area contributed by atoms with Gasteiger partial charge in [0, 0.05) is 35.9 Å². The summed E-state index contributed by atoms with van der Waals surface area (Å²) in [5.74, 6) is 0. The molecule has 0 saturated carbocycles. The van der Waals surface area contributed by atoms with Crippen LogP contribution in [0, 0.1) is 13.8 Å². The molecular formula is C22H20N4S. The lowest BCUT2D eigenvalue weighted by atomic mass is 10.1. The third-order valence-electron chi connectivity index (χ3n) is 4.90. The molecule has 0 spiro atoms. The summed E-state index contributed by atoms with van der Waals surface area (Å²) < 4.78 is 0. The predicted molar refractivity (Wildman–Crippen MR) is 118 cm³/mol. The molecule has 4 nitrogen and oxygen atoms in total. The van der Waals surface area contributed by atoms with Crippen LogP contribution in [-0.4, -0.2) is 22.1 Å². The highest BCUT2D eigenvalue weighted by Crippen LogP contribution is 2.30. The van der Waals surface area contributed by atoms with Crippen molar-refractivity contribution in [1.82, 2.24) is 9.97 Å². The lowest BCUT2D eigenvalue weighted by Gasteiger charge is -2.22. The van der Waals surface area contributed by atoms with Gasteiger partial charge in [0.1, 0.15) is 0 Å². The SMILES string of the molecule is Cc1ccc(N(C)C(=S)Nc2cc3ncccc3c3cccnc23)cc1C. The Labute approximate surface area is 163 Å². The second-order valence-corrected chi connectivity index (χ2v) is 7.04. The zero-order valence-corrected chi connectivity index (χ0v) is 16.3. The number of benzene rings is 2. The molecule has 2 aromatic carbocycles. The van der Waals surface area contributed by atoms with Gasteiger partial charge in [-0.3, -0.25) is 9.97 Å². The molecule has 0 bridgehead atoms. The van der Waals surface area contributed by atoms with Crippen LogP contribution < -0.4 is 10.2 Å². The number of anilines is 2. The molecule has 5 heteroatoms. The van der Waals surface area contributed by atoms with Crippen LogP contribution >= 0.6 is 12.2 Å². The molecule has 0 amide bonds. The molecule has 0 fully saturated rings. The number of aromatic nitrogens is 2. The topological polar surface area (TPSA) is 41.0 Å². The van der Waals surface area contributed by atoms with Crippen LogP contribution in [0.15, 0.2) is 60.9 Å². The number of rotatable bonds is 2. The van der Waals surface area contributed by atoms with Crippen LogP contribution in [-0.2, 0) is 0 Å². The number of nitrogens with zero attached hydrogens (tertiary/aromatic N) is 3. The monoisotopic (exact) mass is 372 g/mol. The Morgan fingerprint density at radius 3 is 2.44 bits per heavy atom. The molecule has 134 valence electrons. The first-order chi connectivity index (χ1) is 13.0. The largest absolute Gasteiger partial charge is 0.330 e. The number of fused-ring (bicyclic) bond motifs is 3. The molecule has 2 heterocycles. The van der Waals surface area contributed by atoms with Crippen molar-refractivity contribution in [2.24, 2.45) is 0 Å². The van der Waals surface area contributed by atoms with E-state index in [-0.39, 0.29) is 0 Å². The van der Waals surface area contributed by atoms with E-state index < -0.39 is 0 Å². The maximum atomic E-state index is 5.67. The van der Waals surface area contributed by atoms with Crippen molar-refractivity contribution in [2.45, 2.75) is 13.8 Å². The van der Waals surface area contributed by atoms with Crippen LogP contribution in [0.5, 0.6) is 0 Å². The second kappa shape index (κ2) is 6.93. The van der Waals surface area contributed by atoms with E-state index in [4.69, 9.17) is 12.2 Å². The summed E-state index contributed by atoms with van der Waals surface area (Å²) in [4.78, 5) is 11.0. The molecule has 0 aliphatic rings. The van der Waals surface area contributed by atoms with Crippen molar-refractivity contribution in [2.75, 3.05) is 17.3 Å². The van der Waals surface area contributed by atoms with Crippen LogP contribution in [0.2, 0.25) is 0 Å². The van der Waals surface area contributed by atoms with Crippen LogP contribution in [0.3, 0.4) is 0 Å². The lowest BCUT2D eigenvalue weighted by Crippen LogP contribution is -2.31. The van der Waals surface area contributed by atoms with Gasteiger partial charge >= 0.3 is 0 Å². The maximum absolute atomic E-state index is 5.67. The standard InChI is InChI=1S/C22H20N4S/c1-14-8-9-16(12-15(14)2)26(3)22(27)25-20-13-19-17(6-4-10-23-19)18-7-5-11-24-21(18)20/h4-13H,1-3H3,(H,25,27). The van der Waals surface area contributed by atoms with Gasteiger partial charge in [0.05, 0.1) is 16.7 Å². The van der Waals surface area contributed by atoms with Gasteiger partial charge in [-0.05, 0) is 67.5 Å². The Morgan fingerprint density at radius 2 is 1.67 bits per heavy atom. The number of pyridine rings is 2. The van der Waals surface area contributed by atoms with E-state index in [1.54, 1.807) is 12.4 Å². The quantitative estimate of drug-likeness (QED) is 0.385. The number of hydrogen-bond acceptors (Lipinski definition) is 3. The van der Waals surface area contributed by atoms with Gasteiger partial charge in [-0.25, -0.2) is 0 Å². The number of hydrogen-bond donors (Lipinski definition) is 1. The molecular weight excluding hydrogens is 352 g/mol. The van der Waals surface area contributed by atoms with Gasteiger partial charge in [0.15, 0.2) is 5.11 Å². The van der Waals surface area contributed by atoms with E-state index in [0.717, 1.165) is 33.2 Å². The minimum Gasteiger partial charge on any atom is -0.330 e. The van der Waals surface area contributed by atoms with Crippen LogP contribution in [0.1, 0.15) is 11.1 Å². The zero-order valence-electron chi connectivity index (χ0n) is 15.5. The first-order valence-corrected chi connectivity index (χ1v) is 9.20. The summed E-state index contributed by atoms with van der Waals surface area (Å²) in [6.07, 6.45) is 3.60. The third-order valence-corrected chi connectivity index (χ3v) is 5.27. The van der Waals surface area contributed by atoms with Gasteiger partial charge in [0.2, 0.25) is 0 Å². The van der Waals surface area contributed by atoms with Gasteiger partial charge in [-0.1, -0.05) is 18.2 Å². The highest BCUT2D eigenvalue weighted by atomic mass is 32.1. The Balaban J connectivity index is 1.73. The van der Waals surface area contributed by atoms with Crippen LogP contribution in [0.4, 0.5) is 11.4 Å². The smallest absolute Gasteiger partial charge is 0.177 e. The zero-order chi connectivity index (χ0) is 19.0. The van der Waals surface area contributed by atoms with E-state index >= 15 is 0 Å². The Bertz CT molecular complexity index is 1170. The highest BCUT2D eigenvalue weighted by molar-refractivity contribution is 7.80. The average molecular weight is 372 g/mol. The summed E-state index contributed by atoms with van der Waals surface area (Å²) in [5.41, 5.74) is 6.21. The molecule has 0 unspecified atom stereocenters. The average Bonchev–Trinajstić information content (AvgIpc) is 2.69. The summed E-state index contributed by atoms with van der Waals surface area (Å²) in [7, 11) is 1.97. The first-order valence-electron chi connectivity index (χ1n) is 8.79. The fourth-order valence-corrected chi connectivity index (χ4v) is 3.36. The van der Waals surface area contributed by atoms with Crippen molar-refractivity contribution in [3.63, 3.8) is 0 Å². The van der Waals surface area contributed by atoms with Crippen molar-refractivity contribution in [3.8, 4) is 0 Å². The van der Waals surface area contributed by atoms with Gasteiger partial charge in [-0.15, -0.1) is 0 Å². The van der Waals surface area contributed by atoms with E-state index in [0.29, 0.717) is 5.11 Å². The Hall–Kier alpha value is -3.05. The van der Waals surface area contributed by atoms with E-state index in [9.17, 15) is 0 Å². The number of nitrogens with one attached hydrogen (secondary N) is 1. The summed E-state index contributed by atoms with van der Waals surface area (Å²) in [6, 6.07) is 16.4. The van der Waals surface area contributed by atoms with Gasteiger partial charge in [0.25, 0.3) is 0 Å². The molecule has 2 aromatic heterocycles. The minimum absolute atomic E-state index is 0.612. The molecule has 27 heavy (non-hydrogen) atoms. The first kappa shape index (κ1) is 17.4. The van der Waals surface area contributed by atoms with E-state index in [1.165, 1.54) is 11.1 Å². The van der Waals surface area contributed by atoms with Crippen molar-refractivity contribution >= 4 is 50.5 Å². The second-order valence-electron chi connectivity index (χ2n) is 6.65. The number of thiocarbonyl (C=S) groups is 1. The summed E-state index contributed by atoms with van der Waals surface area (Å²) in [5, 5.41) is 6.12. The lowest BCUT2D eigenvalue weighted by molar-refractivity contribution is 1.24. The Morgan fingerprint density at radius 1 is 0.926 bits per heavy atom. The molecule has 0 aliphatic carbocycles. The van der Waals surface area contributed by atoms with Crippen molar-refractivity contribution in [1.29, 1.82) is 0 Å². The highest BCUT2D eigenvalue weighted by Gasteiger charge is 2.13. The molecule has 0 saturated heterocycles. The Kier molecular flexibility index (Phi) is 4.46. The fraction of sp³-hybridized carbons (Fsp3) is 0.136. The fourth-order valence-electron chi connectivity index (χ4n) is 3.15. The van der Waals surface area contributed by atoms with E-state index in [2.05, 4.69) is 59.5 Å². The molecule has 0 aliphatic heterocycles. The van der Waals surface area contributed by atoms with Gasteiger partial charge < -0.3 is 10.2 Å². The molecule has 0 atom stereocenters. The van der Waals surface area contributed by atoms with Crippen molar-refractivity contribution in [3.05, 3.63) is 72.1 Å². The maximum Gasteiger partial charge on any atom is 0.177 e. The summed E-state index contributed by atoms with van der Waals surface area (Å²) >= 11 is 5.67. The molecule has 4 aromatic rings. The third kappa shape index (κ3) is 3.22. The summed E-state index contributed by atoms with van der Waals surface area (Å²) in [6.45, 7) is 4.21. The van der Waals surface area contributed by atoms with Gasteiger partial charge in [-0.2, -0.15) is 0 Å². The van der Waals surface area contributed by atoms with Crippen LogP contribution in [0.25, 0.3) is 21.8 Å². The minimum atomic E-state index is 0.612.